The smallest absolute Gasteiger partial charge is 0.342 e. The van der Waals surface area contributed by atoms with Crippen molar-refractivity contribution < 1.29 is 23.7 Å². The quantitative estimate of drug-likeness (QED) is 0.515. The van der Waals surface area contributed by atoms with Crippen LogP contribution in [0.1, 0.15) is 23.0 Å². The number of aryl methyl sites for hydroxylation is 1. The van der Waals surface area contributed by atoms with Crippen LogP contribution in [0.25, 0.3) is 0 Å². The lowest BCUT2D eigenvalue weighted by atomic mass is 10.2. The summed E-state index contributed by atoms with van der Waals surface area (Å²) in [5, 5.41) is 13.3. The maximum atomic E-state index is 12.0. The van der Waals surface area contributed by atoms with E-state index in [4.69, 9.17) is 9.15 Å². The Morgan fingerprint density at radius 1 is 1.30 bits per heavy atom. The van der Waals surface area contributed by atoms with Gasteiger partial charge in [-0.2, -0.15) is 0 Å². The Hall–Kier alpha value is -3.16. The van der Waals surface area contributed by atoms with Crippen LogP contribution in [0, 0.1) is 17.0 Å². The van der Waals surface area contributed by atoms with Crippen molar-refractivity contribution in [3.8, 4) is 0 Å². The number of hydrogen-bond acceptors (Lipinski definition) is 6. The van der Waals surface area contributed by atoms with Crippen LogP contribution in [-0.4, -0.2) is 22.9 Å². The Kier molecular flexibility index (Phi) is 4.75. The molecule has 120 valence electrons. The molecule has 0 aliphatic heterocycles. The van der Waals surface area contributed by atoms with Gasteiger partial charge >= 0.3 is 5.97 Å². The number of benzene rings is 1. The van der Waals surface area contributed by atoms with Crippen LogP contribution >= 0.6 is 0 Å². The van der Waals surface area contributed by atoms with Gasteiger partial charge in [-0.1, -0.05) is 12.1 Å². The first kappa shape index (κ1) is 16.2. The second-order valence-electron chi connectivity index (χ2n) is 4.70. The van der Waals surface area contributed by atoms with Gasteiger partial charge in [-0.25, -0.2) is 4.79 Å². The number of rotatable bonds is 5. The second kappa shape index (κ2) is 6.73. The van der Waals surface area contributed by atoms with E-state index in [1.165, 1.54) is 37.5 Å². The Balaban J connectivity index is 2.05. The lowest BCUT2D eigenvalue weighted by Crippen LogP contribution is -2.30. The number of nitro groups is 1. The number of furan rings is 1. The topological polar surface area (TPSA) is 112 Å². The Morgan fingerprint density at radius 3 is 2.61 bits per heavy atom. The average molecular weight is 318 g/mol. The molecule has 1 aromatic heterocycles. The molecular formula is C15H14N2O6. The summed E-state index contributed by atoms with van der Waals surface area (Å²) < 4.78 is 10.0. The Morgan fingerprint density at radius 2 is 2.00 bits per heavy atom. The van der Waals surface area contributed by atoms with Crippen LogP contribution in [0.15, 0.2) is 41.0 Å². The number of nitrogens with zero attached hydrogens (tertiary/aromatic N) is 1. The summed E-state index contributed by atoms with van der Waals surface area (Å²) in [7, 11) is 0. The molecule has 1 N–H and O–H groups in total. The minimum absolute atomic E-state index is 0.0323. The summed E-state index contributed by atoms with van der Waals surface area (Å²) in [6.45, 7) is 2.96. The van der Waals surface area contributed by atoms with Crippen LogP contribution < -0.4 is 5.32 Å². The molecule has 0 saturated carbocycles. The van der Waals surface area contributed by atoms with Gasteiger partial charge in [0.25, 0.3) is 11.6 Å². The van der Waals surface area contributed by atoms with Crippen molar-refractivity contribution in [2.24, 2.45) is 0 Å². The number of nitrogens with one attached hydrogen (secondary N) is 1. The van der Waals surface area contributed by atoms with Crippen LogP contribution in [-0.2, 0) is 9.53 Å². The fourth-order valence-corrected chi connectivity index (χ4v) is 1.85. The van der Waals surface area contributed by atoms with Crippen molar-refractivity contribution in [2.45, 2.75) is 20.0 Å². The largest absolute Gasteiger partial charge is 0.469 e. The number of esters is 1. The highest BCUT2D eigenvalue weighted by atomic mass is 16.6. The number of amides is 1. The minimum Gasteiger partial charge on any atom is -0.469 e. The van der Waals surface area contributed by atoms with Gasteiger partial charge in [-0.3, -0.25) is 14.9 Å². The molecule has 1 heterocycles. The van der Waals surface area contributed by atoms with E-state index in [1.807, 2.05) is 0 Å². The first-order valence-electron chi connectivity index (χ1n) is 6.69. The third kappa shape index (κ3) is 3.73. The molecule has 0 spiro atoms. The summed E-state index contributed by atoms with van der Waals surface area (Å²) in [4.78, 5) is 34.2. The van der Waals surface area contributed by atoms with Gasteiger partial charge in [-0.15, -0.1) is 0 Å². The summed E-state index contributed by atoms with van der Waals surface area (Å²) >= 11 is 0. The van der Waals surface area contributed by atoms with E-state index in [2.05, 4.69) is 5.32 Å². The molecule has 1 amide bonds. The molecule has 0 bridgehead atoms. The highest BCUT2D eigenvalue weighted by Gasteiger charge is 2.23. The van der Waals surface area contributed by atoms with Crippen LogP contribution in [0.4, 0.5) is 11.4 Å². The van der Waals surface area contributed by atoms with Crippen molar-refractivity contribution >= 4 is 23.3 Å². The lowest BCUT2D eigenvalue weighted by molar-refractivity contribution is -0.383. The zero-order valence-corrected chi connectivity index (χ0v) is 12.4. The third-order valence-corrected chi connectivity index (χ3v) is 3.09. The maximum Gasteiger partial charge on any atom is 0.342 e. The van der Waals surface area contributed by atoms with E-state index >= 15 is 0 Å². The first-order chi connectivity index (χ1) is 10.9. The normalized spacial score (nSPS) is 11.6. The zero-order valence-electron chi connectivity index (χ0n) is 12.4. The molecule has 23 heavy (non-hydrogen) atoms. The summed E-state index contributed by atoms with van der Waals surface area (Å²) in [6, 6.07) is 7.13. The molecule has 0 fully saturated rings. The molecular weight excluding hydrogens is 304 g/mol. The van der Waals surface area contributed by atoms with E-state index in [-0.39, 0.29) is 16.9 Å². The Labute approximate surface area is 131 Å². The van der Waals surface area contributed by atoms with Crippen molar-refractivity contribution in [2.75, 3.05) is 5.32 Å². The van der Waals surface area contributed by atoms with Crippen LogP contribution in [0.2, 0.25) is 0 Å². The molecule has 1 aromatic carbocycles. The molecule has 1 atom stereocenters. The van der Waals surface area contributed by atoms with E-state index in [1.54, 1.807) is 13.0 Å². The molecule has 2 aromatic rings. The Bertz CT molecular complexity index is 752. The molecule has 0 aliphatic carbocycles. The average Bonchev–Trinajstić information content (AvgIpc) is 2.93. The highest BCUT2D eigenvalue weighted by Crippen LogP contribution is 2.23. The highest BCUT2D eigenvalue weighted by molar-refractivity contribution is 5.98. The fraction of sp³-hybridized carbons (Fsp3) is 0.200. The van der Waals surface area contributed by atoms with E-state index in [0.717, 1.165) is 0 Å². The molecule has 8 heteroatoms. The summed E-state index contributed by atoms with van der Waals surface area (Å²) in [5.74, 6) is -1.00. The molecule has 2 rings (SSSR count). The van der Waals surface area contributed by atoms with Crippen molar-refractivity contribution in [3.63, 3.8) is 0 Å². The van der Waals surface area contributed by atoms with E-state index < -0.39 is 22.9 Å². The van der Waals surface area contributed by atoms with E-state index in [9.17, 15) is 19.7 Å². The second-order valence-corrected chi connectivity index (χ2v) is 4.70. The number of carbonyl (C=O) groups is 2. The van der Waals surface area contributed by atoms with Gasteiger partial charge in [0.1, 0.15) is 17.0 Å². The number of anilines is 1. The van der Waals surface area contributed by atoms with Crippen molar-refractivity contribution in [1.29, 1.82) is 0 Å². The molecule has 0 saturated heterocycles. The number of nitro benzene ring substituents is 1. The standard InChI is InChI=1S/C15H14N2O6/c1-9-11(7-8-22-9)15(19)23-10(2)14(18)16-12-5-3-4-6-13(12)17(20)21/h3-8,10H,1-2H3,(H,16,18)/t10-/m1/s1. The third-order valence-electron chi connectivity index (χ3n) is 3.09. The number of ether oxygens (including phenoxy) is 1. The van der Waals surface area contributed by atoms with Crippen LogP contribution in [0.3, 0.4) is 0 Å². The van der Waals surface area contributed by atoms with Gasteiger partial charge in [0.15, 0.2) is 6.10 Å². The number of hydrogen-bond donors (Lipinski definition) is 1. The summed E-state index contributed by atoms with van der Waals surface area (Å²) in [5.41, 5.74) is 0.00490. The first-order valence-corrected chi connectivity index (χ1v) is 6.69. The van der Waals surface area contributed by atoms with Gasteiger partial charge in [0, 0.05) is 6.07 Å². The zero-order chi connectivity index (χ0) is 17.0. The lowest BCUT2D eigenvalue weighted by Gasteiger charge is -2.13. The fourth-order valence-electron chi connectivity index (χ4n) is 1.85. The molecule has 0 aliphatic rings. The molecule has 8 nitrogen and oxygen atoms in total. The SMILES string of the molecule is Cc1occc1C(=O)O[C@H](C)C(=O)Nc1ccccc1[N+](=O)[O-]. The molecule has 0 radical (unpaired) electrons. The van der Waals surface area contributed by atoms with Gasteiger partial charge in [0.05, 0.1) is 11.2 Å². The maximum absolute atomic E-state index is 12.0. The van der Waals surface area contributed by atoms with Crippen molar-refractivity contribution in [3.05, 3.63) is 58.0 Å². The number of carbonyl (C=O) groups excluding carboxylic acids is 2. The summed E-state index contributed by atoms with van der Waals surface area (Å²) in [6.07, 6.45) is 0.209. The van der Waals surface area contributed by atoms with Crippen LogP contribution in [0.5, 0.6) is 0 Å². The number of para-hydroxylation sites is 2. The van der Waals surface area contributed by atoms with E-state index in [0.29, 0.717) is 5.76 Å². The molecule has 0 unspecified atom stereocenters. The van der Waals surface area contributed by atoms with Gasteiger partial charge in [-0.05, 0) is 26.0 Å². The predicted molar refractivity (Wildman–Crippen MR) is 80.0 cm³/mol. The van der Waals surface area contributed by atoms with Gasteiger partial charge < -0.3 is 14.5 Å². The van der Waals surface area contributed by atoms with Gasteiger partial charge in [0.2, 0.25) is 0 Å². The monoisotopic (exact) mass is 318 g/mol. The minimum atomic E-state index is -1.13. The van der Waals surface area contributed by atoms with Crippen molar-refractivity contribution in [1.82, 2.24) is 0 Å². The predicted octanol–water partition coefficient (Wildman–Crippen LogP) is 2.68.